The SMILES string of the molecule is C=CCCCCCC(Cc1ccsc1)NCCC. The van der Waals surface area contributed by atoms with Crippen molar-refractivity contribution in [2.45, 2.75) is 57.9 Å². The molecule has 1 atom stereocenters. The Kier molecular flexibility index (Phi) is 8.87. The molecule has 0 fully saturated rings. The maximum Gasteiger partial charge on any atom is 0.0108 e. The van der Waals surface area contributed by atoms with Gasteiger partial charge in [-0.25, -0.2) is 0 Å². The van der Waals surface area contributed by atoms with Crippen LogP contribution in [0.5, 0.6) is 0 Å². The highest BCUT2D eigenvalue weighted by Gasteiger charge is 2.08. The summed E-state index contributed by atoms with van der Waals surface area (Å²) in [6, 6.07) is 2.91. The Bertz CT molecular complexity index is 292. The average molecular weight is 265 g/mol. The predicted molar refractivity (Wildman–Crippen MR) is 83.4 cm³/mol. The van der Waals surface area contributed by atoms with Crippen molar-refractivity contribution < 1.29 is 0 Å². The van der Waals surface area contributed by atoms with Crippen molar-refractivity contribution in [3.8, 4) is 0 Å². The molecule has 1 N–H and O–H groups in total. The van der Waals surface area contributed by atoms with Gasteiger partial charge in [0.2, 0.25) is 0 Å². The highest BCUT2D eigenvalue weighted by atomic mass is 32.1. The van der Waals surface area contributed by atoms with Gasteiger partial charge in [-0.2, -0.15) is 11.3 Å². The molecule has 1 aromatic rings. The fraction of sp³-hybridized carbons (Fsp3) is 0.625. The Hall–Kier alpha value is -0.600. The zero-order valence-electron chi connectivity index (χ0n) is 11.7. The fourth-order valence-corrected chi connectivity index (χ4v) is 2.86. The quantitative estimate of drug-likeness (QED) is 0.448. The summed E-state index contributed by atoms with van der Waals surface area (Å²) in [5.41, 5.74) is 1.49. The normalized spacial score (nSPS) is 12.5. The van der Waals surface area contributed by atoms with Gasteiger partial charge in [-0.1, -0.05) is 25.8 Å². The minimum atomic E-state index is 0.656. The van der Waals surface area contributed by atoms with Crippen molar-refractivity contribution in [1.82, 2.24) is 5.32 Å². The Balaban J connectivity index is 2.24. The summed E-state index contributed by atoms with van der Waals surface area (Å²) in [5.74, 6) is 0. The van der Waals surface area contributed by atoms with E-state index in [1.165, 1.54) is 44.1 Å². The molecule has 0 aliphatic carbocycles. The highest BCUT2D eigenvalue weighted by molar-refractivity contribution is 7.07. The summed E-state index contributed by atoms with van der Waals surface area (Å²) in [4.78, 5) is 0. The summed E-state index contributed by atoms with van der Waals surface area (Å²) in [6.45, 7) is 7.15. The molecule has 1 rings (SSSR count). The lowest BCUT2D eigenvalue weighted by atomic mass is 10.0. The summed E-state index contributed by atoms with van der Waals surface area (Å²) in [6.07, 6.45) is 10.9. The number of thiophene rings is 1. The van der Waals surface area contributed by atoms with E-state index in [4.69, 9.17) is 0 Å². The van der Waals surface area contributed by atoms with Crippen LogP contribution in [0.2, 0.25) is 0 Å². The van der Waals surface area contributed by atoms with Crippen LogP contribution in [0.15, 0.2) is 29.5 Å². The van der Waals surface area contributed by atoms with E-state index in [9.17, 15) is 0 Å². The van der Waals surface area contributed by atoms with Crippen LogP contribution in [-0.4, -0.2) is 12.6 Å². The summed E-state index contributed by atoms with van der Waals surface area (Å²) in [5, 5.41) is 8.14. The molecule has 0 aliphatic heterocycles. The van der Waals surface area contributed by atoms with Crippen LogP contribution in [0.4, 0.5) is 0 Å². The van der Waals surface area contributed by atoms with Gasteiger partial charge in [0.1, 0.15) is 0 Å². The number of rotatable bonds is 11. The van der Waals surface area contributed by atoms with E-state index in [2.05, 4.69) is 35.6 Å². The Labute approximate surface area is 116 Å². The van der Waals surface area contributed by atoms with Crippen LogP contribution in [0.1, 0.15) is 51.0 Å². The lowest BCUT2D eigenvalue weighted by Crippen LogP contribution is -2.31. The van der Waals surface area contributed by atoms with Crippen molar-refractivity contribution in [2.75, 3.05) is 6.54 Å². The predicted octanol–water partition coefficient (Wildman–Crippen LogP) is 4.80. The third kappa shape index (κ3) is 6.97. The zero-order chi connectivity index (χ0) is 13.1. The number of allylic oxidation sites excluding steroid dienone is 1. The molecule has 0 radical (unpaired) electrons. The van der Waals surface area contributed by atoms with Crippen LogP contribution in [0, 0.1) is 0 Å². The Morgan fingerprint density at radius 1 is 1.39 bits per heavy atom. The molecular weight excluding hydrogens is 238 g/mol. The molecule has 1 aromatic heterocycles. The number of hydrogen-bond donors (Lipinski definition) is 1. The standard InChI is InChI=1S/C16H27NS/c1-3-5-6-7-8-9-16(17-11-4-2)13-15-10-12-18-14-15/h3,10,12,14,16-17H,1,4-9,11,13H2,2H3. The highest BCUT2D eigenvalue weighted by Crippen LogP contribution is 2.13. The van der Waals surface area contributed by atoms with Gasteiger partial charge in [0.05, 0.1) is 0 Å². The van der Waals surface area contributed by atoms with Crippen molar-refractivity contribution >= 4 is 11.3 Å². The van der Waals surface area contributed by atoms with Gasteiger partial charge >= 0.3 is 0 Å². The summed E-state index contributed by atoms with van der Waals surface area (Å²) < 4.78 is 0. The molecule has 0 spiro atoms. The molecule has 0 saturated carbocycles. The molecule has 102 valence electrons. The Morgan fingerprint density at radius 2 is 2.28 bits per heavy atom. The van der Waals surface area contributed by atoms with E-state index in [1.54, 1.807) is 11.3 Å². The number of unbranched alkanes of at least 4 members (excludes halogenated alkanes) is 3. The Morgan fingerprint density at radius 3 is 2.94 bits per heavy atom. The second-order valence-electron chi connectivity index (χ2n) is 4.91. The van der Waals surface area contributed by atoms with Crippen LogP contribution in [0.3, 0.4) is 0 Å². The van der Waals surface area contributed by atoms with Gasteiger partial charge < -0.3 is 5.32 Å². The van der Waals surface area contributed by atoms with E-state index < -0.39 is 0 Å². The van der Waals surface area contributed by atoms with E-state index in [0.29, 0.717) is 6.04 Å². The smallest absolute Gasteiger partial charge is 0.0108 e. The van der Waals surface area contributed by atoms with Crippen molar-refractivity contribution in [2.24, 2.45) is 0 Å². The van der Waals surface area contributed by atoms with Gasteiger partial charge in [-0.05, 0) is 61.0 Å². The molecule has 1 heterocycles. The lowest BCUT2D eigenvalue weighted by Gasteiger charge is -2.18. The second-order valence-corrected chi connectivity index (χ2v) is 5.69. The third-order valence-electron chi connectivity index (χ3n) is 3.21. The third-order valence-corrected chi connectivity index (χ3v) is 3.94. The number of nitrogens with one attached hydrogen (secondary N) is 1. The monoisotopic (exact) mass is 265 g/mol. The van der Waals surface area contributed by atoms with Gasteiger partial charge in [-0.3, -0.25) is 0 Å². The van der Waals surface area contributed by atoms with Gasteiger partial charge in [0, 0.05) is 6.04 Å². The topological polar surface area (TPSA) is 12.0 Å². The van der Waals surface area contributed by atoms with E-state index in [-0.39, 0.29) is 0 Å². The van der Waals surface area contributed by atoms with E-state index in [1.807, 2.05) is 6.08 Å². The lowest BCUT2D eigenvalue weighted by molar-refractivity contribution is 0.454. The number of hydrogen-bond acceptors (Lipinski definition) is 2. The molecule has 0 bridgehead atoms. The molecule has 1 unspecified atom stereocenters. The van der Waals surface area contributed by atoms with Crippen LogP contribution >= 0.6 is 11.3 Å². The first-order valence-corrected chi connectivity index (χ1v) is 8.16. The van der Waals surface area contributed by atoms with Gasteiger partial charge in [0.15, 0.2) is 0 Å². The molecule has 0 amide bonds. The van der Waals surface area contributed by atoms with Crippen molar-refractivity contribution in [3.63, 3.8) is 0 Å². The van der Waals surface area contributed by atoms with E-state index >= 15 is 0 Å². The maximum absolute atomic E-state index is 3.77. The molecule has 0 saturated heterocycles. The average Bonchev–Trinajstić information content (AvgIpc) is 2.88. The largest absolute Gasteiger partial charge is 0.314 e. The fourth-order valence-electron chi connectivity index (χ4n) is 2.17. The zero-order valence-corrected chi connectivity index (χ0v) is 12.5. The maximum atomic E-state index is 3.77. The summed E-state index contributed by atoms with van der Waals surface area (Å²) in [7, 11) is 0. The first-order valence-electron chi connectivity index (χ1n) is 7.22. The first-order chi connectivity index (χ1) is 8.86. The van der Waals surface area contributed by atoms with E-state index in [0.717, 1.165) is 13.0 Å². The van der Waals surface area contributed by atoms with Crippen LogP contribution in [0.25, 0.3) is 0 Å². The van der Waals surface area contributed by atoms with Crippen LogP contribution < -0.4 is 5.32 Å². The van der Waals surface area contributed by atoms with Crippen molar-refractivity contribution in [1.29, 1.82) is 0 Å². The summed E-state index contributed by atoms with van der Waals surface area (Å²) >= 11 is 1.80. The second kappa shape index (κ2) is 10.3. The van der Waals surface area contributed by atoms with Gasteiger partial charge in [-0.15, -0.1) is 6.58 Å². The minimum Gasteiger partial charge on any atom is -0.314 e. The molecule has 18 heavy (non-hydrogen) atoms. The minimum absolute atomic E-state index is 0.656. The first kappa shape index (κ1) is 15.5. The molecule has 0 aliphatic rings. The van der Waals surface area contributed by atoms with Crippen LogP contribution in [-0.2, 0) is 6.42 Å². The molecule has 0 aromatic carbocycles. The molecular formula is C16H27NS. The molecule has 2 heteroatoms. The van der Waals surface area contributed by atoms with Crippen molar-refractivity contribution in [3.05, 3.63) is 35.0 Å². The molecule has 1 nitrogen and oxygen atoms in total. The van der Waals surface area contributed by atoms with Gasteiger partial charge in [0.25, 0.3) is 0 Å².